The normalized spacial score (nSPS) is 24.9. The number of aromatic nitrogens is 1. The second kappa shape index (κ2) is 6.73. The first-order chi connectivity index (χ1) is 12.9. The Kier molecular flexibility index (Phi) is 4.52. The maximum Gasteiger partial charge on any atom is 0.243 e. The number of carbonyl (C=O) groups excluding carboxylic acids is 1. The van der Waals surface area contributed by atoms with Crippen molar-refractivity contribution < 1.29 is 13.2 Å². The van der Waals surface area contributed by atoms with Crippen molar-refractivity contribution in [3.8, 4) is 0 Å². The molecule has 4 rings (SSSR count). The molecule has 6 nitrogen and oxygen atoms in total. The van der Waals surface area contributed by atoms with Gasteiger partial charge in [-0.15, -0.1) is 0 Å². The molecule has 2 aliphatic rings. The van der Waals surface area contributed by atoms with Crippen LogP contribution < -0.4 is 5.32 Å². The van der Waals surface area contributed by atoms with Crippen molar-refractivity contribution in [3.05, 3.63) is 59.9 Å². The molecule has 1 aromatic carbocycles. The average molecular weight is 385 g/mol. The summed E-state index contributed by atoms with van der Waals surface area (Å²) in [5.41, 5.74) is 1.73. The standard InChI is InChI=1S/C20H23N3O3S/c1-15-3-2-4-17(11-15)27(25,26)23-10-7-20(14-23)12-18(20)19(24)22-13-16-5-8-21-9-6-16/h2-6,8-9,11,18H,7,10,12-14H2,1H3,(H,22,24)/t18-,20+/m1/s1. The van der Waals surface area contributed by atoms with Crippen molar-refractivity contribution >= 4 is 15.9 Å². The molecule has 2 atom stereocenters. The van der Waals surface area contributed by atoms with Gasteiger partial charge in [-0.1, -0.05) is 12.1 Å². The molecular weight excluding hydrogens is 362 g/mol. The summed E-state index contributed by atoms with van der Waals surface area (Å²) in [6.45, 7) is 3.26. The fourth-order valence-corrected chi connectivity index (χ4v) is 5.61. The quantitative estimate of drug-likeness (QED) is 0.855. The number of hydrogen-bond acceptors (Lipinski definition) is 4. The van der Waals surface area contributed by atoms with Crippen LogP contribution in [0.15, 0.2) is 53.7 Å². The fourth-order valence-electron chi connectivity index (χ4n) is 3.97. The van der Waals surface area contributed by atoms with Crippen molar-refractivity contribution in [1.82, 2.24) is 14.6 Å². The van der Waals surface area contributed by atoms with E-state index in [4.69, 9.17) is 0 Å². The molecule has 1 spiro atoms. The van der Waals surface area contributed by atoms with E-state index in [-0.39, 0.29) is 17.2 Å². The first-order valence-corrected chi connectivity index (χ1v) is 10.6. The molecule has 1 aliphatic heterocycles. The molecule has 1 N–H and O–H groups in total. The third kappa shape index (κ3) is 3.49. The number of amides is 1. The monoisotopic (exact) mass is 385 g/mol. The number of pyridine rings is 1. The molecule has 7 heteroatoms. The minimum Gasteiger partial charge on any atom is -0.352 e. The predicted molar refractivity (Wildman–Crippen MR) is 101 cm³/mol. The van der Waals surface area contributed by atoms with E-state index in [0.717, 1.165) is 24.0 Å². The molecule has 1 aliphatic carbocycles. The Morgan fingerprint density at radius 3 is 2.81 bits per heavy atom. The molecule has 2 fully saturated rings. The maximum atomic E-state index is 12.9. The SMILES string of the molecule is Cc1cccc(S(=O)(=O)N2CC[C@]3(C[C@@H]3C(=O)NCc3ccncc3)C2)c1. The summed E-state index contributed by atoms with van der Waals surface area (Å²) < 4.78 is 27.4. The van der Waals surface area contributed by atoms with Gasteiger partial charge in [0.05, 0.1) is 4.90 Å². The number of benzene rings is 1. The minimum atomic E-state index is -3.50. The molecule has 0 radical (unpaired) electrons. The largest absolute Gasteiger partial charge is 0.352 e. The van der Waals surface area contributed by atoms with Crippen LogP contribution in [0.5, 0.6) is 0 Å². The lowest BCUT2D eigenvalue weighted by atomic mass is 10.0. The van der Waals surface area contributed by atoms with Gasteiger partial charge < -0.3 is 5.32 Å². The lowest BCUT2D eigenvalue weighted by Crippen LogP contribution is -2.31. The van der Waals surface area contributed by atoms with Crippen LogP contribution in [0, 0.1) is 18.3 Å². The van der Waals surface area contributed by atoms with Gasteiger partial charge in [-0.2, -0.15) is 4.31 Å². The van der Waals surface area contributed by atoms with Gasteiger partial charge in [0, 0.05) is 37.9 Å². The minimum absolute atomic E-state index is 0.0154. The van der Waals surface area contributed by atoms with E-state index in [1.165, 1.54) is 4.31 Å². The van der Waals surface area contributed by atoms with Crippen LogP contribution in [0.25, 0.3) is 0 Å². The van der Waals surface area contributed by atoms with E-state index in [0.29, 0.717) is 24.5 Å². The van der Waals surface area contributed by atoms with Crippen molar-refractivity contribution in [3.63, 3.8) is 0 Å². The number of nitrogens with zero attached hydrogens (tertiary/aromatic N) is 2. The highest BCUT2D eigenvalue weighted by Crippen LogP contribution is 2.59. The topological polar surface area (TPSA) is 79.4 Å². The van der Waals surface area contributed by atoms with E-state index >= 15 is 0 Å². The summed E-state index contributed by atoms with van der Waals surface area (Å²) in [6, 6.07) is 10.7. The van der Waals surface area contributed by atoms with Crippen LogP contribution in [-0.4, -0.2) is 36.7 Å². The van der Waals surface area contributed by atoms with Crippen molar-refractivity contribution in [2.75, 3.05) is 13.1 Å². The second-order valence-electron chi connectivity index (χ2n) is 7.60. The fraction of sp³-hybridized carbons (Fsp3) is 0.400. The number of hydrogen-bond donors (Lipinski definition) is 1. The lowest BCUT2D eigenvalue weighted by molar-refractivity contribution is -0.123. The summed E-state index contributed by atoms with van der Waals surface area (Å²) in [5.74, 6) is -0.0846. The van der Waals surface area contributed by atoms with Gasteiger partial charge in [0.25, 0.3) is 0 Å². The zero-order valence-electron chi connectivity index (χ0n) is 15.3. The Balaban J connectivity index is 1.39. The van der Waals surface area contributed by atoms with E-state index in [9.17, 15) is 13.2 Å². The van der Waals surface area contributed by atoms with Gasteiger partial charge >= 0.3 is 0 Å². The first kappa shape index (κ1) is 18.1. The molecule has 2 heterocycles. The van der Waals surface area contributed by atoms with Gasteiger partial charge in [-0.25, -0.2) is 8.42 Å². The van der Waals surface area contributed by atoms with Crippen molar-refractivity contribution in [2.24, 2.45) is 11.3 Å². The van der Waals surface area contributed by atoms with Crippen LogP contribution in [0.4, 0.5) is 0 Å². The van der Waals surface area contributed by atoms with Crippen LogP contribution in [0.2, 0.25) is 0 Å². The number of nitrogens with one attached hydrogen (secondary N) is 1. The third-order valence-corrected chi connectivity index (χ3v) is 7.54. The number of carbonyl (C=O) groups is 1. The highest BCUT2D eigenvalue weighted by Gasteiger charge is 2.62. The maximum absolute atomic E-state index is 12.9. The highest BCUT2D eigenvalue weighted by molar-refractivity contribution is 7.89. The molecule has 1 amide bonds. The molecule has 1 aromatic heterocycles. The Hall–Kier alpha value is -2.25. The molecule has 27 heavy (non-hydrogen) atoms. The van der Waals surface area contributed by atoms with Crippen LogP contribution in [-0.2, 0) is 21.4 Å². The number of sulfonamides is 1. The van der Waals surface area contributed by atoms with E-state index in [1.807, 2.05) is 25.1 Å². The van der Waals surface area contributed by atoms with Crippen LogP contribution in [0.3, 0.4) is 0 Å². The Morgan fingerprint density at radius 1 is 1.30 bits per heavy atom. The van der Waals surface area contributed by atoms with Crippen molar-refractivity contribution in [2.45, 2.75) is 31.2 Å². The summed E-state index contributed by atoms with van der Waals surface area (Å²) in [6.07, 6.45) is 4.90. The molecule has 142 valence electrons. The number of rotatable bonds is 5. The van der Waals surface area contributed by atoms with Crippen LogP contribution >= 0.6 is 0 Å². The average Bonchev–Trinajstić information content (AvgIpc) is 3.19. The molecule has 1 saturated carbocycles. The first-order valence-electron chi connectivity index (χ1n) is 9.14. The van der Waals surface area contributed by atoms with E-state index in [2.05, 4.69) is 10.3 Å². The summed E-state index contributed by atoms with van der Waals surface area (Å²) in [4.78, 5) is 16.8. The second-order valence-corrected chi connectivity index (χ2v) is 9.54. The van der Waals surface area contributed by atoms with Gasteiger partial charge in [-0.05, 0) is 60.6 Å². The van der Waals surface area contributed by atoms with Gasteiger partial charge in [0.15, 0.2) is 0 Å². The highest BCUT2D eigenvalue weighted by atomic mass is 32.2. The third-order valence-electron chi connectivity index (χ3n) is 5.70. The summed E-state index contributed by atoms with van der Waals surface area (Å²) in [5, 5.41) is 2.97. The van der Waals surface area contributed by atoms with Crippen molar-refractivity contribution in [1.29, 1.82) is 0 Å². The molecule has 0 unspecified atom stereocenters. The Bertz CT molecular complexity index is 961. The zero-order chi connectivity index (χ0) is 19.1. The van der Waals surface area contributed by atoms with Gasteiger partial charge in [0.2, 0.25) is 15.9 Å². The number of aryl methyl sites for hydroxylation is 1. The lowest BCUT2D eigenvalue weighted by Gasteiger charge is -2.17. The van der Waals surface area contributed by atoms with Gasteiger partial charge in [-0.3, -0.25) is 9.78 Å². The smallest absolute Gasteiger partial charge is 0.243 e. The molecule has 2 aromatic rings. The Labute approximate surface area is 159 Å². The van der Waals surface area contributed by atoms with E-state index in [1.54, 1.807) is 30.6 Å². The Morgan fingerprint density at radius 2 is 2.07 bits per heavy atom. The molecular formula is C20H23N3O3S. The summed E-state index contributed by atoms with van der Waals surface area (Å²) >= 11 is 0. The molecule has 0 bridgehead atoms. The molecule has 1 saturated heterocycles. The summed E-state index contributed by atoms with van der Waals surface area (Å²) in [7, 11) is -3.50. The predicted octanol–water partition coefficient (Wildman–Crippen LogP) is 2.11. The van der Waals surface area contributed by atoms with Gasteiger partial charge in [0.1, 0.15) is 0 Å². The van der Waals surface area contributed by atoms with E-state index < -0.39 is 10.0 Å². The zero-order valence-corrected chi connectivity index (χ0v) is 16.1. The van der Waals surface area contributed by atoms with Crippen LogP contribution in [0.1, 0.15) is 24.0 Å².